The van der Waals surface area contributed by atoms with Gasteiger partial charge in [0.05, 0.1) is 15.4 Å². The van der Waals surface area contributed by atoms with Gasteiger partial charge in [-0.15, -0.1) is 0 Å². The highest BCUT2D eigenvalue weighted by Crippen LogP contribution is 2.29. The summed E-state index contributed by atoms with van der Waals surface area (Å²) in [4.78, 5) is 45.0. The molecule has 0 saturated carbocycles. The van der Waals surface area contributed by atoms with Crippen molar-refractivity contribution in [1.29, 1.82) is 0 Å². The van der Waals surface area contributed by atoms with Crippen LogP contribution in [0.15, 0.2) is 54.6 Å². The van der Waals surface area contributed by atoms with Crippen molar-refractivity contribution in [2.24, 2.45) is 0 Å². The highest BCUT2D eigenvalue weighted by Gasteiger charge is 2.26. The molecular weight excluding hydrogens is 394 g/mol. The smallest absolute Gasteiger partial charge is 0.339 e. The number of nitrogens with one attached hydrogen (secondary N) is 1. The van der Waals surface area contributed by atoms with Gasteiger partial charge in [0.2, 0.25) is 0 Å². The molecule has 0 aliphatic rings. The summed E-state index contributed by atoms with van der Waals surface area (Å²) in [5, 5.41) is 26.6. The summed E-state index contributed by atoms with van der Waals surface area (Å²) >= 11 is 0. The van der Waals surface area contributed by atoms with Crippen LogP contribution in [0.1, 0.15) is 15.9 Å². The Kier molecular flexibility index (Phi) is 5.68. The SMILES string of the molecule is Cc1c([N+](=O)[O-])cc(C(=O)OCC(=O)Nc2cccc3ccccc23)cc1[N+](=O)[O-]. The van der Waals surface area contributed by atoms with E-state index in [0.717, 1.165) is 22.9 Å². The molecule has 152 valence electrons. The summed E-state index contributed by atoms with van der Waals surface area (Å²) in [6.45, 7) is 0.542. The minimum Gasteiger partial charge on any atom is -0.452 e. The number of nitro benzene ring substituents is 2. The summed E-state index contributed by atoms with van der Waals surface area (Å²) in [6, 6.07) is 14.5. The van der Waals surface area contributed by atoms with Gasteiger partial charge in [0.15, 0.2) is 6.61 Å². The Bertz CT molecular complexity index is 1150. The van der Waals surface area contributed by atoms with Crippen molar-refractivity contribution in [3.63, 3.8) is 0 Å². The Hall–Kier alpha value is -4.34. The zero-order chi connectivity index (χ0) is 21.8. The van der Waals surface area contributed by atoms with E-state index in [4.69, 9.17) is 4.74 Å². The van der Waals surface area contributed by atoms with E-state index in [-0.39, 0.29) is 5.56 Å². The monoisotopic (exact) mass is 409 g/mol. The largest absolute Gasteiger partial charge is 0.452 e. The van der Waals surface area contributed by atoms with Crippen molar-refractivity contribution < 1.29 is 24.2 Å². The van der Waals surface area contributed by atoms with Gasteiger partial charge in [0, 0.05) is 23.2 Å². The van der Waals surface area contributed by atoms with Crippen LogP contribution in [0, 0.1) is 27.2 Å². The average molecular weight is 409 g/mol. The van der Waals surface area contributed by atoms with Crippen LogP contribution >= 0.6 is 0 Å². The van der Waals surface area contributed by atoms with Gasteiger partial charge < -0.3 is 10.1 Å². The first-order valence-electron chi connectivity index (χ1n) is 8.66. The summed E-state index contributed by atoms with van der Waals surface area (Å²) < 4.78 is 4.89. The topological polar surface area (TPSA) is 142 Å². The fourth-order valence-corrected chi connectivity index (χ4v) is 2.92. The number of carbonyl (C=O) groups is 2. The zero-order valence-corrected chi connectivity index (χ0v) is 15.7. The molecule has 0 unspecified atom stereocenters. The second kappa shape index (κ2) is 8.35. The fourth-order valence-electron chi connectivity index (χ4n) is 2.92. The molecule has 30 heavy (non-hydrogen) atoms. The third-order valence-corrected chi connectivity index (χ3v) is 4.38. The summed E-state index contributed by atoms with van der Waals surface area (Å²) in [7, 11) is 0. The Labute approximate surface area is 169 Å². The van der Waals surface area contributed by atoms with Gasteiger partial charge in [-0.2, -0.15) is 0 Å². The first kappa shape index (κ1) is 20.4. The molecule has 0 spiro atoms. The molecule has 0 saturated heterocycles. The molecule has 0 fully saturated rings. The first-order valence-corrected chi connectivity index (χ1v) is 8.66. The third-order valence-electron chi connectivity index (χ3n) is 4.38. The van der Waals surface area contributed by atoms with E-state index in [9.17, 15) is 29.8 Å². The van der Waals surface area contributed by atoms with Crippen LogP contribution in [0.5, 0.6) is 0 Å². The molecule has 0 atom stereocenters. The molecule has 0 aliphatic carbocycles. The maximum Gasteiger partial charge on any atom is 0.339 e. The Balaban J connectivity index is 1.74. The highest BCUT2D eigenvalue weighted by atomic mass is 16.6. The Morgan fingerprint density at radius 3 is 2.20 bits per heavy atom. The minimum atomic E-state index is -1.09. The normalized spacial score (nSPS) is 10.4. The second-order valence-electron chi connectivity index (χ2n) is 6.30. The summed E-state index contributed by atoms with van der Waals surface area (Å²) in [6.07, 6.45) is 0. The van der Waals surface area contributed by atoms with Gasteiger partial charge in [-0.05, 0) is 18.4 Å². The van der Waals surface area contributed by atoms with E-state index in [1.807, 2.05) is 30.3 Å². The second-order valence-corrected chi connectivity index (χ2v) is 6.30. The van der Waals surface area contributed by atoms with Crippen molar-refractivity contribution in [1.82, 2.24) is 0 Å². The molecule has 10 heteroatoms. The molecule has 0 radical (unpaired) electrons. The number of rotatable bonds is 6. The van der Waals surface area contributed by atoms with E-state index in [1.54, 1.807) is 12.1 Å². The number of fused-ring (bicyclic) bond motifs is 1. The quantitative estimate of drug-likeness (QED) is 0.371. The van der Waals surface area contributed by atoms with Crippen molar-refractivity contribution in [3.05, 3.63) is 86.0 Å². The number of hydrogen-bond acceptors (Lipinski definition) is 7. The van der Waals surface area contributed by atoms with E-state index >= 15 is 0 Å². The van der Waals surface area contributed by atoms with E-state index in [2.05, 4.69) is 5.32 Å². The van der Waals surface area contributed by atoms with Crippen LogP contribution in [0.3, 0.4) is 0 Å². The predicted octanol–water partition coefficient (Wildman–Crippen LogP) is 3.76. The van der Waals surface area contributed by atoms with Gasteiger partial charge >= 0.3 is 5.97 Å². The number of esters is 1. The number of hydrogen-bond donors (Lipinski definition) is 1. The van der Waals surface area contributed by atoms with Crippen LogP contribution in [0.2, 0.25) is 0 Å². The lowest BCUT2D eigenvalue weighted by atomic mass is 10.1. The van der Waals surface area contributed by atoms with Crippen LogP contribution in [0.4, 0.5) is 17.1 Å². The molecule has 3 rings (SSSR count). The van der Waals surface area contributed by atoms with E-state index < -0.39 is 45.3 Å². The lowest BCUT2D eigenvalue weighted by molar-refractivity contribution is -0.395. The maximum atomic E-state index is 12.2. The van der Waals surface area contributed by atoms with Gasteiger partial charge in [-0.25, -0.2) is 4.79 Å². The fraction of sp³-hybridized carbons (Fsp3) is 0.100. The number of nitrogens with zero attached hydrogens (tertiary/aromatic N) is 2. The molecule has 1 N–H and O–H groups in total. The van der Waals surface area contributed by atoms with Gasteiger partial charge in [-0.1, -0.05) is 36.4 Å². The number of nitro groups is 2. The Morgan fingerprint density at radius 2 is 1.57 bits per heavy atom. The highest BCUT2D eigenvalue weighted by molar-refractivity contribution is 6.03. The molecule has 3 aromatic carbocycles. The number of benzene rings is 3. The maximum absolute atomic E-state index is 12.2. The first-order chi connectivity index (χ1) is 14.3. The summed E-state index contributed by atoms with van der Waals surface area (Å²) in [5.74, 6) is -1.72. The molecule has 0 bridgehead atoms. The molecule has 3 aromatic rings. The standard InChI is InChI=1S/C20H15N3O7/c1-12-17(22(26)27)9-14(10-18(12)23(28)29)20(25)30-11-19(24)21-16-8-4-6-13-5-2-3-7-15(13)16/h2-10H,11H2,1H3,(H,21,24). The lowest BCUT2D eigenvalue weighted by Gasteiger charge is -2.09. The van der Waals surface area contributed by atoms with Crippen molar-refractivity contribution in [3.8, 4) is 0 Å². The summed E-state index contributed by atoms with van der Waals surface area (Å²) in [5.41, 5.74) is -1.23. The molecular formula is C20H15N3O7. The van der Waals surface area contributed by atoms with Crippen LogP contribution in [-0.2, 0) is 9.53 Å². The van der Waals surface area contributed by atoms with E-state index in [1.165, 1.54) is 6.92 Å². The van der Waals surface area contributed by atoms with Crippen LogP contribution in [-0.4, -0.2) is 28.3 Å². The minimum absolute atomic E-state index is 0.185. The molecule has 1 amide bonds. The van der Waals surface area contributed by atoms with Crippen molar-refractivity contribution >= 4 is 39.7 Å². The molecule has 0 aliphatic heterocycles. The van der Waals surface area contributed by atoms with Crippen LogP contribution < -0.4 is 5.32 Å². The number of amides is 1. The number of anilines is 1. The number of ether oxygens (including phenoxy) is 1. The van der Waals surface area contributed by atoms with Gasteiger partial charge in [0.1, 0.15) is 5.56 Å². The number of carbonyl (C=O) groups excluding carboxylic acids is 2. The zero-order valence-electron chi connectivity index (χ0n) is 15.7. The molecule has 0 aromatic heterocycles. The van der Waals surface area contributed by atoms with Gasteiger partial charge in [0.25, 0.3) is 17.3 Å². The van der Waals surface area contributed by atoms with Crippen molar-refractivity contribution in [2.45, 2.75) is 6.92 Å². The predicted molar refractivity (Wildman–Crippen MR) is 107 cm³/mol. The van der Waals surface area contributed by atoms with Crippen molar-refractivity contribution in [2.75, 3.05) is 11.9 Å². The third kappa shape index (κ3) is 4.22. The average Bonchev–Trinajstić information content (AvgIpc) is 2.72. The molecule has 10 nitrogen and oxygen atoms in total. The van der Waals surface area contributed by atoms with Gasteiger partial charge in [-0.3, -0.25) is 25.0 Å². The lowest BCUT2D eigenvalue weighted by Crippen LogP contribution is -2.21. The Morgan fingerprint density at radius 1 is 0.967 bits per heavy atom. The molecule has 0 heterocycles. The van der Waals surface area contributed by atoms with E-state index in [0.29, 0.717) is 5.69 Å². The van der Waals surface area contributed by atoms with Crippen LogP contribution in [0.25, 0.3) is 10.8 Å².